The Morgan fingerprint density at radius 1 is 1.03 bits per heavy atom. The van der Waals surface area contributed by atoms with Gasteiger partial charge in [-0.3, -0.25) is 9.88 Å². The van der Waals surface area contributed by atoms with Gasteiger partial charge in [-0.25, -0.2) is 9.59 Å². The van der Waals surface area contributed by atoms with Crippen molar-refractivity contribution in [1.29, 1.82) is 0 Å². The minimum absolute atomic E-state index is 0.0965. The first-order chi connectivity index (χ1) is 15.5. The minimum atomic E-state index is -1.27. The van der Waals surface area contributed by atoms with Gasteiger partial charge in [0.25, 0.3) is 0 Å². The number of rotatable bonds is 6. The number of benzene rings is 2. The molecule has 0 N–H and O–H groups in total. The number of carbonyl (C=O) groups is 2. The normalized spacial score (nSPS) is 20.1. The number of amides is 1. The highest BCUT2D eigenvalue weighted by atomic mass is 79.9. The average Bonchev–Trinajstić information content (AvgIpc) is 3.09. The molecule has 2 aromatic carbocycles. The fourth-order valence-electron chi connectivity index (χ4n) is 3.77. The molecular formula is C25H23BrN2O4. The molecule has 32 heavy (non-hydrogen) atoms. The number of aromatic nitrogens is 1. The Hall–Kier alpha value is -3.19. The number of ether oxygens (including phenoxy) is 2. The van der Waals surface area contributed by atoms with Crippen molar-refractivity contribution >= 4 is 28.0 Å². The lowest BCUT2D eigenvalue weighted by atomic mass is 9.94. The molecule has 6 nitrogen and oxygen atoms in total. The first-order valence-corrected chi connectivity index (χ1v) is 11.4. The number of cyclic esters (lactones) is 1. The van der Waals surface area contributed by atoms with Crippen molar-refractivity contribution in [3.63, 3.8) is 0 Å². The van der Waals surface area contributed by atoms with Crippen molar-refractivity contribution in [2.75, 3.05) is 0 Å². The zero-order chi connectivity index (χ0) is 22.6. The fourth-order valence-corrected chi connectivity index (χ4v) is 4.08. The summed E-state index contributed by atoms with van der Waals surface area (Å²) >= 11 is 3.41. The zero-order valence-electron chi connectivity index (χ0n) is 17.6. The molecule has 0 aliphatic carbocycles. The number of alkyl halides is 1. The van der Waals surface area contributed by atoms with Gasteiger partial charge in [-0.1, -0.05) is 82.7 Å². The minimum Gasteiger partial charge on any atom is -0.444 e. The molecule has 1 saturated heterocycles. The smallest absolute Gasteiger partial charge is 0.414 e. The molecule has 1 aromatic heterocycles. The molecule has 7 heteroatoms. The number of pyridine rings is 1. The van der Waals surface area contributed by atoms with Crippen molar-refractivity contribution in [3.05, 3.63) is 101 Å². The van der Waals surface area contributed by atoms with Crippen LogP contribution in [0, 0.1) is 0 Å². The average molecular weight is 495 g/mol. The van der Waals surface area contributed by atoms with E-state index >= 15 is 0 Å². The van der Waals surface area contributed by atoms with E-state index in [1.807, 2.05) is 78.9 Å². The van der Waals surface area contributed by atoms with Gasteiger partial charge in [0.2, 0.25) is 6.23 Å². The maximum atomic E-state index is 13.3. The van der Waals surface area contributed by atoms with Crippen LogP contribution in [0.1, 0.15) is 35.7 Å². The zero-order valence-corrected chi connectivity index (χ0v) is 19.2. The summed E-state index contributed by atoms with van der Waals surface area (Å²) in [4.78, 5) is 32.4. The van der Waals surface area contributed by atoms with Gasteiger partial charge in [0.1, 0.15) is 6.61 Å². The van der Waals surface area contributed by atoms with E-state index in [9.17, 15) is 9.59 Å². The van der Waals surface area contributed by atoms with Crippen LogP contribution in [0.25, 0.3) is 0 Å². The van der Waals surface area contributed by atoms with E-state index in [2.05, 4.69) is 20.9 Å². The van der Waals surface area contributed by atoms with Crippen molar-refractivity contribution in [3.8, 4) is 0 Å². The monoisotopic (exact) mass is 494 g/mol. The van der Waals surface area contributed by atoms with Gasteiger partial charge in [-0.2, -0.15) is 0 Å². The third-order valence-electron chi connectivity index (χ3n) is 5.44. The van der Waals surface area contributed by atoms with E-state index in [4.69, 9.17) is 9.47 Å². The van der Waals surface area contributed by atoms with Crippen molar-refractivity contribution in [2.45, 2.75) is 37.0 Å². The maximum absolute atomic E-state index is 13.3. The molecule has 0 radical (unpaired) electrons. The van der Waals surface area contributed by atoms with Crippen molar-refractivity contribution < 1.29 is 19.1 Å². The number of halogens is 1. The standard InChI is InChI=1S/C25H23BrN2O4/c1-25(15-20-13-8-14-21(16-26)27-20)23(29)32-22(19-11-6-3-7-12-19)28(25)24(30)31-17-18-9-4-2-5-10-18/h2-14,22H,15-17H2,1H3/t22-,25+/m0/s1. The summed E-state index contributed by atoms with van der Waals surface area (Å²) in [6.07, 6.45) is -1.29. The first kappa shape index (κ1) is 22.0. The molecular weight excluding hydrogens is 472 g/mol. The molecule has 1 fully saturated rings. The van der Waals surface area contributed by atoms with Gasteiger partial charge in [-0.15, -0.1) is 0 Å². The van der Waals surface area contributed by atoms with Crippen LogP contribution in [0.4, 0.5) is 4.79 Å². The lowest BCUT2D eigenvalue weighted by Gasteiger charge is -2.32. The topological polar surface area (TPSA) is 68.7 Å². The molecule has 0 unspecified atom stereocenters. The molecule has 1 aliphatic rings. The second-order valence-corrected chi connectivity index (χ2v) is 8.34. The molecule has 0 saturated carbocycles. The molecule has 4 rings (SSSR count). The van der Waals surface area contributed by atoms with Gasteiger partial charge >= 0.3 is 12.1 Å². The van der Waals surface area contributed by atoms with E-state index in [0.29, 0.717) is 16.6 Å². The maximum Gasteiger partial charge on any atom is 0.414 e. The summed E-state index contributed by atoms with van der Waals surface area (Å²) in [5.41, 5.74) is 1.82. The summed E-state index contributed by atoms with van der Waals surface area (Å²) in [7, 11) is 0. The Kier molecular flexibility index (Phi) is 6.55. The third kappa shape index (κ3) is 4.53. The Labute approximate surface area is 195 Å². The Morgan fingerprint density at radius 2 is 1.69 bits per heavy atom. The Balaban J connectivity index is 1.66. The predicted octanol–water partition coefficient (Wildman–Crippen LogP) is 5.17. The highest BCUT2D eigenvalue weighted by molar-refractivity contribution is 9.08. The number of hydrogen-bond acceptors (Lipinski definition) is 5. The van der Waals surface area contributed by atoms with Crippen LogP contribution in [0.5, 0.6) is 0 Å². The molecule has 0 spiro atoms. The molecule has 1 amide bonds. The van der Waals surface area contributed by atoms with Crippen LogP contribution < -0.4 is 0 Å². The van der Waals surface area contributed by atoms with Crippen molar-refractivity contribution in [1.82, 2.24) is 9.88 Å². The van der Waals surface area contributed by atoms with Crippen LogP contribution in [-0.4, -0.2) is 27.5 Å². The largest absolute Gasteiger partial charge is 0.444 e. The van der Waals surface area contributed by atoms with Gasteiger partial charge in [0.15, 0.2) is 5.54 Å². The van der Waals surface area contributed by atoms with Gasteiger partial charge in [-0.05, 0) is 24.6 Å². The number of nitrogens with zero attached hydrogens (tertiary/aromatic N) is 2. The highest BCUT2D eigenvalue weighted by Crippen LogP contribution is 2.40. The summed E-state index contributed by atoms with van der Waals surface area (Å²) in [6.45, 7) is 1.80. The summed E-state index contributed by atoms with van der Waals surface area (Å²) in [6, 6.07) is 24.2. The lowest BCUT2D eigenvalue weighted by Crippen LogP contribution is -2.51. The predicted molar refractivity (Wildman–Crippen MR) is 123 cm³/mol. The SMILES string of the molecule is C[C@@]1(Cc2cccc(CBr)n2)C(=O)O[C@@H](c2ccccc2)N1C(=O)OCc1ccccc1. The number of esters is 1. The van der Waals surface area contributed by atoms with Gasteiger partial charge in [0, 0.05) is 23.0 Å². The first-order valence-electron chi connectivity index (χ1n) is 10.3. The fraction of sp³-hybridized carbons (Fsp3) is 0.240. The van der Waals surface area contributed by atoms with E-state index in [1.165, 1.54) is 4.90 Å². The van der Waals surface area contributed by atoms with Crippen LogP contribution in [-0.2, 0) is 32.6 Å². The van der Waals surface area contributed by atoms with E-state index < -0.39 is 23.8 Å². The third-order valence-corrected chi connectivity index (χ3v) is 6.01. The molecule has 2 atom stereocenters. The van der Waals surface area contributed by atoms with E-state index in [-0.39, 0.29) is 13.0 Å². The second kappa shape index (κ2) is 9.53. The van der Waals surface area contributed by atoms with E-state index in [0.717, 1.165) is 11.3 Å². The molecule has 1 aliphatic heterocycles. The number of carbonyl (C=O) groups excluding carboxylic acids is 2. The Morgan fingerprint density at radius 3 is 2.38 bits per heavy atom. The highest BCUT2D eigenvalue weighted by Gasteiger charge is 2.56. The number of hydrogen-bond donors (Lipinski definition) is 0. The molecule has 2 heterocycles. The van der Waals surface area contributed by atoms with Crippen LogP contribution in [0.3, 0.4) is 0 Å². The van der Waals surface area contributed by atoms with Crippen LogP contribution >= 0.6 is 15.9 Å². The van der Waals surface area contributed by atoms with Gasteiger partial charge < -0.3 is 9.47 Å². The Bertz CT molecular complexity index is 1090. The molecule has 164 valence electrons. The summed E-state index contributed by atoms with van der Waals surface area (Å²) in [5, 5.41) is 0.595. The van der Waals surface area contributed by atoms with Crippen molar-refractivity contribution in [2.24, 2.45) is 0 Å². The van der Waals surface area contributed by atoms with E-state index in [1.54, 1.807) is 6.92 Å². The quantitative estimate of drug-likeness (QED) is 0.349. The van der Waals surface area contributed by atoms with Crippen LogP contribution in [0.15, 0.2) is 78.9 Å². The summed E-state index contributed by atoms with van der Waals surface area (Å²) < 4.78 is 11.3. The van der Waals surface area contributed by atoms with Crippen LogP contribution in [0.2, 0.25) is 0 Å². The lowest BCUT2D eigenvalue weighted by molar-refractivity contribution is -0.145. The van der Waals surface area contributed by atoms with Gasteiger partial charge in [0.05, 0.1) is 5.69 Å². The summed E-state index contributed by atoms with van der Waals surface area (Å²) in [5.74, 6) is -0.492. The molecule has 3 aromatic rings. The molecule has 0 bridgehead atoms. The second-order valence-electron chi connectivity index (χ2n) is 7.78.